The number of hydrogen-bond acceptors (Lipinski definition) is 4. The lowest BCUT2D eigenvalue weighted by molar-refractivity contribution is -0.121. The lowest BCUT2D eigenvalue weighted by Crippen LogP contribution is -2.37. The Hall–Kier alpha value is -2.24. The van der Waals surface area contributed by atoms with Gasteiger partial charge in [0.1, 0.15) is 0 Å². The molecule has 0 radical (unpaired) electrons. The van der Waals surface area contributed by atoms with Gasteiger partial charge in [-0.15, -0.1) is 0 Å². The molecule has 1 amide bonds. The predicted octanol–water partition coefficient (Wildman–Crippen LogP) is 2.71. The molecule has 1 aliphatic heterocycles. The van der Waals surface area contributed by atoms with Gasteiger partial charge in [-0.25, -0.2) is 0 Å². The smallest absolute Gasteiger partial charge is 0.220 e. The van der Waals surface area contributed by atoms with Crippen molar-refractivity contribution in [1.82, 2.24) is 15.2 Å². The molecule has 2 heterocycles. The highest BCUT2D eigenvalue weighted by atomic mass is 16.5. The van der Waals surface area contributed by atoms with Crippen molar-refractivity contribution >= 4 is 5.91 Å². The topological polar surface area (TPSA) is 54.5 Å². The fraction of sp³-hybridized carbons (Fsp3) is 0.429. The van der Waals surface area contributed by atoms with E-state index in [2.05, 4.69) is 46.4 Å². The van der Waals surface area contributed by atoms with Gasteiger partial charge in [-0.3, -0.25) is 14.7 Å². The van der Waals surface area contributed by atoms with E-state index in [1.807, 2.05) is 12.1 Å². The Morgan fingerprint density at radius 2 is 1.77 bits per heavy atom. The van der Waals surface area contributed by atoms with Crippen LogP contribution in [0, 0.1) is 6.92 Å². The molecule has 0 aliphatic carbocycles. The molecule has 1 aliphatic rings. The molecular formula is C21H27N3O2. The molecule has 1 N–H and O–H groups in total. The number of carbonyl (C=O) groups excluding carboxylic acids is 1. The number of carbonyl (C=O) groups is 1. The number of amides is 1. The van der Waals surface area contributed by atoms with E-state index in [-0.39, 0.29) is 11.9 Å². The highest BCUT2D eigenvalue weighted by Gasteiger charge is 2.17. The van der Waals surface area contributed by atoms with Crippen LogP contribution in [-0.4, -0.2) is 48.6 Å². The Kier molecular flexibility index (Phi) is 6.75. The number of morpholine rings is 1. The summed E-state index contributed by atoms with van der Waals surface area (Å²) in [5.41, 5.74) is 3.34. The quantitative estimate of drug-likeness (QED) is 0.832. The number of ether oxygens (including phenoxy) is 1. The Balaban J connectivity index is 1.60. The van der Waals surface area contributed by atoms with Crippen LogP contribution >= 0.6 is 0 Å². The molecule has 0 saturated carbocycles. The molecule has 1 aromatic carbocycles. The molecule has 2 aromatic rings. The standard InChI is InChI=1S/C21H27N3O2/c1-17-4-6-18(7-5-17)21(19-8-10-22-11-9-19)23-20(25)3-2-12-24-13-15-26-16-14-24/h4-11,21H,2-3,12-16H2,1H3,(H,23,25). The van der Waals surface area contributed by atoms with Crippen LogP contribution in [0.15, 0.2) is 48.8 Å². The lowest BCUT2D eigenvalue weighted by atomic mass is 9.98. The molecule has 1 aromatic heterocycles. The van der Waals surface area contributed by atoms with Crippen molar-refractivity contribution in [3.63, 3.8) is 0 Å². The molecule has 0 spiro atoms. The summed E-state index contributed by atoms with van der Waals surface area (Å²) >= 11 is 0. The van der Waals surface area contributed by atoms with Gasteiger partial charge in [0.2, 0.25) is 5.91 Å². The number of hydrogen-bond donors (Lipinski definition) is 1. The second kappa shape index (κ2) is 9.46. The van der Waals surface area contributed by atoms with Crippen molar-refractivity contribution < 1.29 is 9.53 Å². The second-order valence-electron chi connectivity index (χ2n) is 6.75. The average Bonchev–Trinajstić information content (AvgIpc) is 2.68. The summed E-state index contributed by atoms with van der Waals surface area (Å²) in [6, 6.07) is 12.1. The fourth-order valence-electron chi connectivity index (χ4n) is 3.20. The highest BCUT2D eigenvalue weighted by Crippen LogP contribution is 2.22. The minimum Gasteiger partial charge on any atom is -0.379 e. The van der Waals surface area contributed by atoms with Gasteiger partial charge in [0, 0.05) is 31.9 Å². The van der Waals surface area contributed by atoms with Crippen LogP contribution in [0.25, 0.3) is 0 Å². The van der Waals surface area contributed by atoms with Gasteiger partial charge in [-0.2, -0.15) is 0 Å². The van der Waals surface area contributed by atoms with Crippen LogP contribution < -0.4 is 5.32 Å². The molecule has 3 rings (SSSR count). The number of benzene rings is 1. The van der Waals surface area contributed by atoms with Gasteiger partial charge >= 0.3 is 0 Å². The summed E-state index contributed by atoms with van der Waals surface area (Å²) in [6.07, 6.45) is 4.93. The molecule has 138 valence electrons. The number of aromatic nitrogens is 1. The first-order valence-corrected chi connectivity index (χ1v) is 9.28. The van der Waals surface area contributed by atoms with E-state index in [1.54, 1.807) is 12.4 Å². The Labute approximate surface area is 155 Å². The molecule has 5 heteroatoms. The first kappa shape index (κ1) is 18.5. The number of nitrogens with one attached hydrogen (secondary N) is 1. The fourth-order valence-corrected chi connectivity index (χ4v) is 3.20. The van der Waals surface area contributed by atoms with Crippen LogP contribution in [0.5, 0.6) is 0 Å². The number of nitrogens with zero attached hydrogens (tertiary/aromatic N) is 2. The molecule has 1 unspecified atom stereocenters. The van der Waals surface area contributed by atoms with Gasteiger partial charge in [-0.1, -0.05) is 29.8 Å². The zero-order valence-electron chi connectivity index (χ0n) is 15.4. The van der Waals surface area contributed by atoms with E-state index >= 15 is 0 Å². The summed E-state index contributed by atoms with van der Waals surface area (Å²) < 4.78 is 5.36. The number of pyridine rings is 1. The van der Waals surface area contributed by atoms with Gasteiger partial charge in [-0.05, 0) is 43.1 Å². The van der Waals surface area contributed by atoms with Gasteiger partial charge in [0.05, 0.1) is 19.3 Å². The average molecular weight is 353 g/mol. The molecule has 0 bridgehead atoms. The molecule has 5 nitrogen and oxygen atoms in total. The van der Waals surface area contributed by atoms with E-state index in [0.717, 1.165) is 50.4 Å². The zero-order valence-corrected chi connectivity index (χ0v) is 15.4. The van der Waals surface area contributed by atoms with E-state index in [1.165, 1.54) is 5.56 Å². The van der Waals surface area contributed by atoms with E-state index < -0.39 is 0 Å². The normalized spacial score (nSPS) is 16.2. The molecule has 1 saturated heterocycles. The van der Waals surface area contributed by atoms with E-state index in [9.17, 15) is 4.79 Å². The van der Waals surface area contributed by atoms with Gasteiger partial charge in [0.15, 0.2) is 0 Å². The predicted molar refractivity (Wildman–Crippen MR) is 102 cm³/mol. The van der Waals surface area contributed by atoms with Crippen LogP contribution in [-0.2, 0) is 9.53 Å². The monoisotopic (exact) mass is 353 g/mol. The second-order valence-corrected chi connectivity index (χ2v) is 6.75. The first-order valence-electron chi connectivity index (χ1n) is 9.28. The summed E-state index contributed by atoms with van der Waals surface area (Å²) in [4.78, 5) is 19.0. The summed E-state index contributed by atoms with van der Waals surface area (Å²) in [6.45, 7) is 6.53. The maximum Gasteiger partial charge on any atom is 0.220 e. The number of rotatable bonds is 7. The third kappa shape index (κ3) is 5.38. The van der Waals surface area contributed by atoms with Gasteiger partial charge < -0.3 is 10.1 Å². The Bertz CT molecular complexity index is 682. The molecule has 26 heavy (non-hydrogen) atoms. The Morgan fingerprint density at radius 1 is 1.12 bits per heavy atom. The lowest BCUT2D eigenvalue weighted by Gasteiger charge is -2.26. The van der Waals surface area contributed by atoms with Gasteiger partial charge in [0.25, 0.3) is 0 Å². The maximum absolute atomic E-state index is 12.5. The number of aryl methyl sites for hydroxylation is 1. The summed E-state index contributed by atoms with van der Waals surface area (Å²) in [7, 11) is 0. The maximum atomic E-state index is 12.5. The first-order chi connectivity index (χ1) is 12.7. The van der Waals surface area contributed by atoms with Crippen molar-refractivity contribution in [1.29, 1.82) is 0 Å². The third-order valence-electron chi connectivity index (χ3n) is 4.74. The van der Waals surface area contributed by atoms with Crippen molar-refractivity contribution in [2.75, 3.05) is 32.8 Å². The minimum absolute atomic E-state index is 0.0839. The highest BCUT2D eigenvalue weighted by molar-refractivity contribution is 5.77. The zero-order chi connectivity index (χ0) is 18.2. The van der Waals surface area contributed by atoms with E-state index in [4.69, 9.17) is 4.74 Å². The van der Waals surface area contributed by atoms with Crippen LogP contribution in [0.3, 0.4) is 0 Å². The molecular weight excluding hydrogens is 326 g/mol. The SMILES string of the molecule is Cc1ccc(C(NC(=O)CCCN2CCOCC2)c2ccncc2)cc1. The Morgan fingerprint density at radius 3 is 2.46 bits per heavy atom. The third-order valence-corrected chi connectivity index (χ3v) is 4.74. The van der Waals surface area contributed by atoms with Crippen molar-refractivity contribution in [3.8, 4) is 0 Å². The van der Waals surface area contributed by atoms with Crippen LogP contribution in [0.4, 0.5) is 0 Å². The molecule has 1 fully saturated rings. The van der Waals surface area contributed by atoms with Crippen molar-refractivity contribution in [2.45, 2.75) is 25.8 Å². The van der Waals surface area contributed by atoms with E-state index in [0.29, 0.717) is 6.42 Å². The summed E-state index contributed by atoms with van der Waals surface area (Å²) in [5.74, 6) is 0.0839. The summed E-state index contributed by atoms with van der Waals surface area (Å²) in [5, 5.41) is 3.20. The molecule has 1 atom stereocenters. The van der Waals surface area contributed by atoms with Crippen molar-refractivity contribution in [3.05, 3.63) is 65.5 Å². The minimum atomic E-state index is -0.144. The van der Waals surface area contributed by atoms with Crippen molar-refractivity contribution in [2.24, 2.45) is 0 Å². The van der Waals surface area contributed by atoms with Crippen LogP contribution in [0.2, 0.25) is 0 Å². The van der Waals surface area contributed by atoms with Crippen LogP contribution in [0.1, 0.15) is 35.6 Å². The largest absolute Gasteiger partial charge is 0.379 e.